The van der Waals surface area contributed by atoms with Gasteiger partial charge in [-0.15, -0.1) is 0 Å². The largest absolute Gasteiger partial charge is 0.416 e. The second-order valence-corrected chi connectivity index (χ2v) is 8.32. The van der Waals surface area contributed by atoms with E-state index in [1.54, 1.807) is 0 Å². The summed E-state index contributed by atoms with van der Waals surface area (Å²) in [6, 6.07) is 10.1. The van der Waals surface area contributed by atoms with E-state index in [2.05, 4.69) is 0 Å². The lowest BCUT2D eigenvalue weighted by atomic mass is 10.1. The summed E-state index contributed by atoms with van der Waals surface area (Å²) in [6.07, 6.45) is -4.41. The van der Waals surface area contributed by atoms with E-state index in [1.807, 2.05) is 0 Å². The molecule has 0 aliphatic heterocycles. The van der Waals surface area contributed by atoms with Crippen LogP contribution in [0.4, 0.5) is 13.2 Å². The van der Waals surface area contributed by atoms with Gasteiger partial charge in [-0.25, -0.2) is 12.7 Å². The van der Waals surface area contributed by atoms with Crippen LogP contribution in [0.1, 0.15) is 21.5 Å². The molecular formula is C18H19F3N2O3S. The molecule has 0 heterocycles. The maximum atomic E-state index is 12.6. The van der Waals surface area contributed by atoms with Crippen LogP contribution in [-0.2, 0) is 22.7 Å². The smallest absolute Gasteiger partial charge is 0.337 e. The Morgan fingerprint density at radius 1 is 0.926 bits per heavy atom. The zero-order valence-electron chi connectivity index (χ0n) is 15.0. The van der Waals surface area contributed by atoms with Crippen LogP contribution in [0.2, 0.25) is 0 Å². The van der Waals surface area contributed by atoms with Crippen molar-refractivity contribution >= 4 is 15.9 Å². The van der Waals surface area contributed by atoms with E-state index in [0.717, 1.165) is 16.4 Å². The van der Waals surface area contributed by atoms with E-state index >= 15 is 0 Å². The Labute approximate surface area is 156 Å². The van der Waals surface area contributed by atoms with E-state index in [-0.39, 0.29) is 22.9 Å². The molecular weight excluding hydrogens is 381 g/mol. The van der Waals surface area contributed by atoms with Gasteiger partial charge in [0.15, 0.2) is 0 Å². The number of halogens is 3. The van der Waals surface area contributed by atoms with Crippen LogP contribution in [0.3, 0.4) is 0 Å². The first-order chi connectivity index (χ1) is 12.4. The summed E-state index contributed by atoms with van der Waals surface area (Å²) in [5.74, 6) is -0.372. The van der Waals surface area contributed by atoms with Crippen molar-refractivity contribution in [1.29, 1.82) is 0 Å². The average Bonchev–Trinajstić information content (AvgIpc) is 2.60. The van der Waals surface area contributed by atoms with Gasteiger partial charge in [-0.05, 0) is 42.0 Å². The summed E-state index contributed by atoms with van der Waals surface area (Å²) in [6.45, 7) is 0.120. The molecule has 9 heteroatoms. The number of nitrogens with zero attached hydrogens (tertiary/aromatic N) is 2. The van der Waals surface area contributed by atoms with Gasteiger partial charge in [0.05, 0.1) is 10.5 Å². The molecule has 2 aromatic rings. The van der Waals surface area contributed by atoms with Crippen LogP contribution in [-0.4, -0.2) is 44.7 Å². The van der Waals surface area contributed by atoms with Gasteiger partial charge in [0.1, 0.15) is 0 Å². The number of amides is 1. The first-order valence-corrected chi connectivity index (χ1v) is 9.31. The van der Waals surface area contributed by atoms with Crippen LogP contribution in [0.25, 0.3) is 0 Å². The van der Waals surface area contributed by atoms with Gasteiger partial charge in [-0.2, -0.15) is 13.2 Å². The van der Waals surface area contributed by atoms with Crippen LogP contribution in [0.5, 0.6) is 0 Å². The van der Waals surface area contributed by atoms with Crippen LogP contribution < -0.4 is 0 Å². The second-order valence-electron chi connectivity index (χ2n) is 6.17. The first-order valence-electron chi connectivity index (χ1n) is 7.87. The number of hydrogen-bond acceptors (Lipinski definition) is 3. The molecule has 146 valence electrons. The molecule has 2 rings (SSSR count). The zero-order valence-corrected chi connectivity index (χ0v) is 15.8. The monoisotopic (exact) mass is 400 g/mol. The summed E-state index contributed by atoms with van der Waals surface area (Å²) >= 11 is 0. The predicted molar refractivity (Wildman–Crippen MR) is 94.6 cm³/mol. The standard InChI is InChI=1S/C18H19F3N2O3S/c1-22(2)27(25,26)16-10-6-14(7-11-16)17(24)23(3)12-13-4-8-15(9-5-13)18(19,20)21/h4-11H,12H2,1-3H3. The van der Waals surface area contributed by atoms with Crippen molar-refractivity contribution in [2.24, 2.45) is 0 Å². The number of sulfonamides is 1. The van der Waals surface area contributed by atoms with Gasteiger partial charge in [-0.1, -0.05) is 12.1 Å². The van der Waals surface area contributed by atoms with E-state index in [1.165, 1.54) is 62.4 Å². The molecule has 0 aliphatic rings. The number of alkyl halides is 3. The normalized spacial score (nSPS) is 12.3. The fraction of sp³-hybridized carbons (Fsp3) is 0.278. The quantitative estimate of drug-likeness (QED) is 0.774. The van der Waals surface area contributed by atoms with Gasteiger partial charge in [0, 0.05) is 33.3 Å². The Kier molecular flexibility index (Phi) is 5.96. The number of carbonyl (C=O) groups excluding carboxylic acids is 1. The minimum atomic E-state index is -4.41. The van der Waals surface area contributed by atoms with Crippen molar-refractivity contribution in [2.75, 3.05) is 21.1 Å². The third-order valence-corrected chi connectivity index (χ3v) is 5.76. The summed E-state index contributed by atoms with van der Waals surface area (Å²) in [4.78, 5) is 13.9. The van der Waals surface area contributed by atoms with Crippen molar-refractivity contribution in [3.63, 3.8) is 0 Å². The van der Waals surface area contributed by atoms with Crippen molar-refractivity contribution < 1.29 is 26.4 Å². The van der Waals surface area contributed by atoms with Gasteiger partial charge < -0.3 is 4.90 Å². The van der Waals surface area contributed by atoms with Gasteiger partial charge in [0.2, 0.25) is 10.0 Å². The van der Waals surface area contributed by atoms with Gasteiger partial charge in [-0.3, -0.25) is 4.79 Å². The predicted octanol–water partition coefficient (Wildman–Crippen LogP) is 3.23. The molecule has 27 heavy (non-hydrogen) atoms. The maximum absolute atomic E-state index is 12.6. The number of rotatable bonds is 5. The Morgan fingerprint density at radius 2 is 1.44 bits per heavy atom. The molecule has 0 N–H and O–H groups in total. The summed E-state index contributed by atoms with van der Waals surface area (Å²) in [5, 5.41) is 0. The fourth-order valence-corrected chi connectivity index (χ4v) is 3.25. The highest BCUT2D eigenvalue weighted by molar-refractivity contribution is 7.89. The molecule has 0 saturated carbocycles. The summed E-state index contributed by atoms with van der Waals surface area (Å²) in [5.41, 5.74) is 0.0747. The minimum absolute atomic E-state index is 0.0643. The number of carbonyl (C=O) groups is 1. The van der Waals surface area contributed by atoms with E-state index in [0.29, 0.717) is 5.56 Å². The molecule has 0 aliphatic carbocycles. The lowest BCUT2D eigenvalue weighted by Crippen LogP contribution is -2.26. The third-order valence-electron chi connectivity index (χ3n) is 3.93. The first kappa shape index (κ1) is 20.9. The molecule has 0 radical (unpaired) electrons. The van der Waals surface area contributed by atoms with E-state index in [9.17, 15) is 26.4 Å². The molecule has 0 unspecified atom stereocenters. The Bertz CT molecular complexity index is 906. The van der Waals surface area contributed by atoms with Crippen LogP contribution in [0.15, 0.2) is 53.4 Å². The SMILES string of the molecule is CN(Cc1ccc(C(F)(F)F)cc1)C(=O)c1ccc(S(=O)(=O)N(C)C)cc1. The van der Waals surface area contributed by atoms with Gasteiger partial charge in [0.25, 0.3) is 5.91 Å². The zero-order chi connectivity index (χ0) is 20.4. The second kappa shape index (κ2) is 7.69. The Hall–Kier alpha value is -2.39. The Morgan fingerprint density at radius 3 is 1.89 bits per heavy atom. The molecule has 0 atom stereocenters. The highest BCUT2D eigenvalue weighted by Crippen LogP contribution is 2.29. The van der Waals surface area contributed by atoms with Crippen LogP contribution >= 0.6 is 0 Å². The third kappa shape index (κ3) is 4.86. The molecule has 0 bridgehead atoms. The van der Waals surface area contributed by atoms with Crippen molar-refractivity contribution in [2.45, 2.75) is 17.6 Å². The summed E-state index contributed by atoms with van der Waals surface area (Å²) < 4.78 is 62.9. The molecule has 5 nitrogen and oxygen atoms in total. The highest BCUT2D eigenvalue weighted by Gasteiger charge is 2.30. The van der Waals surface area contributed by atoms with Crippen molar-refractivity contribution in [3.05, 3.63) is 65.2 Å². The van der Waals surface area contributed by atoms with Crippen LogP contribution in [0, 0.1) is 0 Å². The molecule has 0 fully saturated rings. The van der Waals surface area contributed by atoms with E-state index in [4.69, 9.17) is 0 Å². The maximum Gasteiger partial charge on any atom is 0.416 e. The van der Waals surface area contributed by atoms with E-state index < -0.39 is 21.8 Å². The topological polar surface area (TPSA) is 57.7 Å². The molecule has 2 aromatic carbocycles. The van der Waals surface area contributed by atoms with Gasteiger partial charge >= 0.3 is 6.18 Å². The lowest BCUT2D eigenvalue weighted by molar-refractivity contribution is -0.137. The molecule has 0 saturated heterocycles. The number of benzene rings is 2. The molecule has 0 spiro atoms. The van der Waals surface area contributed by atoms with Crippen molar-refractivity contribution in [1.82, 2.24) is 9.21 Å². The molecule has 1 amide bonds. The Balaban J connectivity index is 2.11. The van der Waals surface area contributed by atoms with Crippen molar-refractivity contribution in [3.8, 4) is 0 Å². The summed E-state index contributed by atoms with van der Waals surface area (Å²) in [7, 11) is 0.748. The lowest BCUT2D eigenvalue weighted by Gasteiger charge is -2.18. The fourth-order valence-electron chi connectivity index (χ4n) is 2.35. The average molecular weight is 400 g/mol. The minimum Gasteiger partial charge on any atom is -0.337 e. The highest BCUT2D eigenvalue weighted by atomic mass is 32.2. The molecule has 0 aromatic heterocycles. The number of hydrogen-bond donors (Lipinski definition) is 0.